The van der Waals surface area contributed by atoms with E-state index in [4.69, 9.17) is 0 Å². The second kappa shape index (κ2) is 6.49. The van der Waals surface area contributed by atoms with E-state index in [1.54, 1.807) is 0 Å². The van der Waals surface area contributed by atoms with Crippen LogP contribution in [0.5, 0.6) is 0 Å². The number of aromatic nitrogens is 2. The van der Waals surface area contributed by atoms with Crippen molar-refractivity contribution in [3.63, 3.8) is 0 Å². The molecule has 3 rings (SSSR count). The average molecular weight is 398 g/mol. The standard InChI is InChI=1S/C18H14F4N2O2S/c1-10-11(7-5-8-13(10)19)15-16(24-17(23-15)18(20,21)22)12-6-3-4-9-14(12)27(2,25)26/h3-9H,1-2H3,(H,23,24). The molecule has 9 heteroatoms. The van der Waals surface area contributed by atoms with Crippen LogP contribution in [0.1, 0.15) is 11.4 Å². The van der Waals surface area contributed by atoms with E-state index in [9.17, 15) is 26.0 Å². The van der Waals surface area contributed by atoms with Gasteiger partial charge >= 0.3 is 6.18 Å². The molecule has 0 aliphatic heterocycles. The largest absolute Gasteiger partial charge is 0.449 e. The molecule has 0 fully saturated rings. The van der Waals surface area contributed by atoms with Crippen molar-refractivity contribution in [2.45, 2.75) is 18.0 Å². The molecular formula is C18H14F4N2O2S. The fraction of sp³-hybridized carbons (Fsp3) is 0.167. The molecule has 0 saturated carbocycles. The van der Waals surface area contributed by atoms with Crippen LogP contribution in [0.25, 0.3) is 22.5 Å². The smallest absolute Gasteiger partial charge is 0.334 e. The van der Waals surface area contributed by atoms with Gasteiger partial charge in [-0.25, -0.2) is 17.8 Å². The van der Waals surface area contributed by atoms with Crippen molar-refractivity contribution in [2.24, 2.45) is 0 Å². The average Bonchev–Trinajstić information content (AvgIpc) is 3.02. The molecule has 1 heterocycles. The number of halogens is 4. The molecule has 0 atom stereocenters. The first-order valence-corrected chi connectivity index (χ1v) is 9.61. The van der Waals surface area contributed by atoms with Gasteiger partial charge in [-0.1, -0.05) is 30.3 Å². The Morgan fingerprint density at radius 2 is 1.63 bits per heavy atom. The minimum absolute atomic E-state index is 0.0293. The lowest BCUT2D eigenvalue weighted by molar-refractivity contribution is -0.144. The second-order valence-corrected chi connectivity index (χ2v) is 7.97. The Labute approximate surface area is 152 Å². The van der Waals surface area contributed by atoms with Crippen molar-refractivity contribution in [2.75, 3.05) is 6.26 Å². The summed E-state index contributed by atoms with van der Waals surface area (Å²) in [6, 6.07) is 9.60. The Morgan fingerprint density at radius 3 is 2.26 bits per heavy atom. The van der Waals surface area contributed by atoms with Gasteiger partial charge in [0.1, 0.15) is 5.82 Å². The first kappa shape index (κ1) is 19.1. The summed E-state index contributed by atoms with van der Waals surface area (Å²) in [6.45, 7) is 1.42. The normalized spacial score (nSPS) is 12.4. The Hall–Kier alpha value is -2.68. The van der Waals surface area contributed by atoms with E-state index < -0.39 is 27.7 Å². The summed E-state index contributed by atoms with van der Waals surface area (Å²) in [5, 5.41) is 0. The summed E-state index contributed by atoms with van der Waals surface area (Å²) in [5.41, 5.74) is -0.0370. The first-order valence-electron chi connectivity index (χ1n) is 7.72. The van der Waals surface area contributed by atoms with Crippen LogP contribution in [0.2, 0.25) is 0 Å². The number of sulfone groups is 1. The van der Waals surface area contributed by atoms with E-state index in [1.165, 1.54) is 49.4 Å². The molecule has 0 radical (unpaired) electrons. The summed E-state index contributed by atoms with van der Waals surface area (Å²) in [6.07, 6.45) is -3.83. The topological polar surface area (TPSA) is 62.8 Å². The van der Waals surface area contributed by atoms with Gasteiger partial charge in [0.2, 0.25) is 5.82 Å². The maximum absolute atomic E-state index is 14.0. The van der Waals surface area contributed by atoms with Crippen molar-refractivity contribution in [1.82, 2.24) is 9.97 Å². The summed E-state index contributed by atoms with van der Waals surface area (Å²) in [7, 11) is -3.73. The van der Waals surface area contributed by atoms with Crippen LogP contribution >= 0.6 is 0 Å². The first-order chi connectivity index (χ1) is 12.5. The maximum atomic E-state index is 14.0. The van der Waals surface area contributed by atoms with E-state index in [2.05, 4.69) is 9.97 Å². The zero-order valence-corrected chi connectivity index (χ0v) is 15.0. The van der Waals surface area contributed by atoms with Gasteiger partial charge in [0.25, 0.3) is 0 Å². The van der Waals surface area contributed by atoms with Crippen LogP contribution < -0.4 is 0 Å². The van der Waals surface area contributed by atoms with Gasteiger partial charge in [0.15, 0.2) is 9.84 Å². The molecule has 3 aromatic rings. The second-order valence-electron chi connectivity index (χ2n) is 5.99. The highest BCUT2D eigenvalue weighted by atomic mass is 32.2. The molecule has 0 aliphatic carbocycles. The summed E-state index contributed by atoms with van der Waals surface area (Å²) in [5.74, 6) is -1.90. The van der Waals surface area contributed by atoms with Crippen molar-refractivity contribution >= 4 is 9.84 Å². The Morgan fingerprint density at radius 1 is 1.00 bits per heavy atom. The number of hydrogen-bond acceptors (Lipinski definition) is 3. The fourth-order valence-electron chi connectivity index (χ4n) is 2.76. The summed E-state index contributed by atoms with van der Waals surface area (Å²) >= 11 is 0. The number of H-pyrrole nitrogens is 1. The Kier molecular flexibility index (Phi) is 4.59. The number of rotatable bonds is 3. The third-order valence-corrected chi connectivity index (χ3v) is 5.21. The molecule has 0 aliphatic rings. The van der Waals surface area contributed by atoms with Gasteiger partial charge in [-0.15, -0.1) is 0 Å². The highest BCUT2D eigenvalue weighted by molar-refractivity contribution is 7.90. The highest BCUT2D eigenvalue weighted by Crippen LogP contribution is 2.39. The molecule has 0 spiro atoms. The molecule has 27 heavy (non-hydrogen) atoms. The number of benzene rings is 2. The zero-order chi connectivity index (χ0) is 20.0. The number of nitrogens with one attached hydrogen (secondary N) is 1. The van der Waals surface area contributed by atoms with E-state index in [0.29, 0.717) is 0 Å². The van der Waals surface area contributed by atoms with Crippen LogP contribution in [0.15, 0.2) is 47.4 Å². The van der Waals surface area contributed by atoms with Crippen molar-refractivity contribution in [1.29, 1.82) is 0 Å². The van der Waals surface area contributed by atoms with Crippen molar-refractivity contribution < 1.29 is 26.0 Å². The molecule has 1 aromatic heterocycles. The van der Waals surface area contributed by atoms with Crippen LogP contribution in [0.4, 0.5) is 17.6 Å². The minimum Gasteiger partial charge on any atom is -0.334 e. The predicted molar refractivity (Wildman–Crippen MR) is 92.3 cm³/mol. The monoisotopic (exact) mass is 398 g/mol. The van der Waals surface area contributed by atoms with Crippen LogP contribution in [-0.2, 0) is 16.0 Å². The molecule has 2 aromatic carbocycles. The number of nitrogens with zero attached hydrogens (tertiary/aromatic N) is 1. The summed E-state index contributed by atoms with van der Waals surface area (Å²) in [4.78, 5) is 5.63. The molecule has 0 bridgehead atoms. The van der Waals surface area contributed by atoms with E-state index >= 15 is 0 Å². The Bertz CT molecular complexity index is 1120. The minimum atomic E-state index is -4.78. The molecule has 0 unspecified atom stereocenters. The SMILES string of the molecule is Cc1c(F)cccc1-c1nc(C(F)(F)F)[nH]c1-c1ccccc1S(C)(=O)=O. The number of hydrogen-bond donors (Lipinski definition) is 1. The van der Waals surface area contributed by atoms with Gasteiger partial charge < -0.3 is 4.98 Å². The molecular weight excluding hydrogens is 384 g/mol. The molecule has 0 saturated heterocycles. The fourth-order valence-corrected chi connectivity index (χ4v) is 3.65. The van der Waals surface area contributed by atoms with Gasteiger partial charge in [-0.05, 0) is 24.6 Å². The van der Waals surface area contributed by atoms with Crippen LogP contribution in [-0.4, -0.2) is 24.6 Å². The van der Waals surface area contributed by atoms with E-state index in [-0.39, 0.29) is 33.0 Å². The lowest BCUT2D eigenvalue weighted by Crippen LogP contribution is -2.07. The van der Waals surface area contributed by atoms with E-state index in [0.717, 1.165) is 6.26 Å². The number of aromatic amines is 1. The maximum Gasteiger partial charge on any atom is 0.449 e. The highest BCUT2D eigenvalue weighted by Gasteiger charge is 2.37. The number of alkyl halides is 3. The zero-order valence-electron chi connectivity index (χ0n) is 14.2. The molecule has 4 nitrogen and oxygen atoms in total. The van der Waals surface area contributed by atoms with Crippen LogP contribution in [0, 0.1) is 12.7 Å². The quantitative estimate of drug-likeness (QED) is 0.655. The lowest BCUT2D eigenvalue weighted by atomic mass is 10.0. The third-order valence-electron chi connectivity index (χ3n) is 4.05. The number of imidazole rings is 1. The van der Waals surface area contributed by atoms with Gasteiger partial charge in [-0.2, -0.15) is 13.2 Å². The lowest BCUT2D eigenvalue weighted by Gasteiger charge is -2.10. The van der Waals surface area contributed by atoms with Crippen molar-refractivity contribution in [3.05, 3.63) is 59.7 Å². The third kappa shape index (κ3) is 3.59. The molecule has 142 valence electrons. The van der Waals surface area contributed by atoms with Crippen LogP contribution in [0.3, 0.4) is 0 Å². The van der Waals surface area contributed by atoms with Gasteiger partial charge in [0.05, 0.1) is 16.3 Å². The molecule has 1 N–H and O–H groups in total. The summed E-state index contributed by atoms with van der Waals surface area (Å²) < 4.78 is 77.8. The van der Waals surface area contributed by atoms with Gasteiger partial charge in [-0.3, -0.25) is 0 Å². The van der Waals surface area contributed by atoms with Crippen molar-refractivity contribution in [3.8, 4) is 22.5 Å². The molecule has 0 amide bonds. The Balaban J connectivity index is 2.38. The predicted octanol–water partition coefficient (Wildman–Crippen LogP) is 4.61. The van der Waals surface area contributed by atoms with E-state index in [1.807, 2.05) is 0 Å². The van der Waals surface area contributed by atoms with Gasteiger partial charge in [0, 0.05) is 17.4 Å².